The van der Waals surface area contributed by atoms with E-state index in [1.807, 2.05) is 36.7 Å². The van der Waals surface area contributed by atoms with Gasteiger partial charge in [0.2, 0.25) is 0 Å². The van der Waals surface area contributed by atoms with Crippen molar-refractivity contribution in [2.75, 3.05) is 26.7 Å². The lowest BCUT2D eigenvalue weighted by atomic mass is 9.88. The molecule has 1 fully saturated rings. The number of rotatable bonds is 6. The van der Waals surface area contributed by atoms with Crippen molar-refractivity contribution in [1.82, 2.24) is 19.8 Å². The predicted octanol–water partition coefficient (Wildman–Crippen LogP) is 2.55. The zero-order valence-electron chi connectivity index (χ0n) is 18.1. The molecule has 0 aliphatic carbocycles. The van der Waals surface area contributed by atoms with Crippen molar-refractivity contribution in [2.24, 2.45) is 5.92 Å². The third kappa shape index (κ3) is 4.37. The van der Waals surface area contributed by atoms with Crippen LogP contribution in [0.3, 0.4) is 0 Å². The Kier molecular flexibility index (Phi) is 6.11. The topological polar surface area (TPSA) is 68.6 Å². The average molecular weight is 413 g/mol. The van der Waals surface area contributed by atoms with Gasteiger partial charge in [-0.05, 0) is 36.5 Å². The van der Waals surface area contributed by atoms with Gasteiger partial charge in [0.05, 0.1) is 13.7 Å². The Balaban J connectivity index is 1.42. The van der Waals surface area contributed by atoms with Crippen LogP contribution in [0.1, 0.15) is 38.1 Å². The van der Waals surface area contributed by atoms with Gasteiger partial charge < -0.3 is 24.3 Å². The summed E-state index contributed by atoms with van der Waals surface area (Å²) in [7, 11) is 1.64. The van der Waals surface area contributed by atoms with Crippen molar-refractivity contribution in [2.45, 2.75) is 51.5 Å². The second-order valence-electron chi connectivity index (χ2n) is 8.76. The summed E-state index contributed by atoms with van der Waals surface area (Å²) in [5.41, 5.74) is 0.553. The number of carbonyl (C=O) groups excluding carboxylic acids is 1. The molecule has 4 rings (SSSR count). The van der Waals surface area contributed by atoms with Crippen LogP contribution in [0.2, 0.25) is 0 Å². The molecule has 1 aromatic heterocycles. The second-order valence-corrected chi connectivity index (χ2v) is 8.76. The molecule has 30 heavy (non-hydrogen) atoms. The number of likely N-dealkylation sites (tertiary alicyclic amines) is 1. The van der Waals surface area contributed by atoms with Crippen LogP contribution >= 0.6 is 0 Å². The van der Waals surface area contributed by atoms with Gasteiger partial charge in [-0.3, -0.25) is 4.79 Å². The van der Waals surface area contributed by atoms with Gasteiger partial charge in [0.25, 0.3) is 5.91 Å². The maximum absolute atomic E-state index is 13.0. The highest BCUT2D eigenvalue weighted by molar-refractivity contribution is 5.81. The largest absolute Gasteiger partial charge is 0.497 e. The van der Waals surface area contributed by atoms with Gasteiger partial charge in [-0.1, -0.05) is 26.0 Å². The Morgan fingerprint density at radius 2 is 2.03 bits per heavy atom. The predicted molar refractivity (Wildman–Crippen MR) is 114 cm³/mol. The Hall–Kier alpha value is -2.38. The first-order chi connectivity index (χ1) is 14.5. The lowest BCUT2D eigenvalue weighted by Gasteiger charge is -2.45. The molecule has 0 radical (unpaired) electrons. The maximum atomic E-state index is 13.0. The van der Waals surface area contributed by atoms with E-state index in [0.29, 0.717) is 19.0 Å². The van der Waals surface area contributed by atoms with E-state index < -0.39 is 11.7 Å². The fourth-order valence-electron chi connectivity index (χ4n) is 4.53. The molecular formula is C23H32N4O3. The summed E-state index contributed by atoms with van der Waals surface area (Å²) in [6.07, 6.45) is 4.99. The number of ether oxygens (including phenoxy) is 2. The molecule has 1 N–H and O–H groups in total. The number of benzene rings is 1. The summed E-state index contributed by atoms with van der Waals surface area (Å²) in [5.74, 6) is 2.34. The van der Waals surface area contributed by atoms with Crippen LogP contribution in [0.5, 0.6) is 5.75 Å². The molecule has 3 heterocycles. The Morgan fingerprint density at radius 3 is 2.70 bits per heavy atom. The molecule has 1 atom stereocenters. The van der Waals surface area contributed by atoms with Crippen LogP contribution in [0, 0.1) is 5.92 Å². The zero-order valence-corrected chi connectivity index (χ0v) is 18.1. The molecule has 1 aromatic carbocycles. The number of nitrogens with one attached hydrogen (secondary N) is 1. The average Bonchev–Trinajstić information content (AvgIpc) is 3.23. The van der Waals surface area contributed by atoms with Crippen LogP contribution in [-0.2, 0) is 28.2 Å². The van der Waals surface area contributed by atoms with Crippen LogP contribution in [0.4, 0.5) is 0 Å². The number of nitrogens with zero attached hydrogens (tertiary/aromatic N) is 3. The minimum absolute atomic E-state index is 0.0749. The minimum Gasteiger partial charge on any atom is -0.497 e. The zero-order chi connectivity index (χ0) is 21.1. The lowest BCUT2D eigenvalue weighted by molar-refractivity contribution is -0.173. The second kappa shape index (κ2) is 8.78. The lowest BCUT2D eigenvalue weighted by Crippen LogP contribution is -2.54. The Bertz CT molecular complexity index is 854. The maximum Gasteiger partial charge on any atom is 0.251 e. The molecule has 1 saturated heterocycles. The van der Waals surface area contributed by atoms with Crippen molar-refractivity contribution in [3.63, 3.8) is 0 Å². The molecule has 0 bridgehead atoms. The van der Waals surface area contributed by atoms with Gasteiger partial charge in [-0.2, -0.15) is 0 Å². The molecule has 162 valence electrons. The summed E-state index contributed by atoms with van der Waals surface area (Å²) >= 11 is 0. The number of aromatic nitrogens is 2. The highest BCUT2D eigenvalue weighted by Crippen LogP contribution is 2.40. The third-order valence-electron chi connectivity index (χ3n) is 6.06. The Morgan fingerprint density at radius 1 is 1.30 bits per heavy atom. The first kappa shape index (κ1) is 20.9. The normalized spacial score (nSPS) is 20.9. The van der Waals surface area contributed by atoms with Crippen molar-refractivity contribution in [3.05, 3.63) is 48.0 Å². The SMILES string of the molecule is COc1ccc(CNC(=O)C2Cn3ccnc3C3(CCN(CC(C)C)CC3)O2)cc1. The third-order valence-corrected chi connectivity index (χ3v) is 6.06. The molecule has 7 heteroatoms. The molecule has 1 unspecified atom stereocenters. The quantitative estimate of drug-likeness (QED) is 0.790. The molecule has 1 amide bonds. The summed E-state index contributed by atoms with van der Waals surface area (Å²) in [6, 6.07) is 7.72. The molecule has 0 saturated carbocycles. The summed E-state index contributed by atoms with van der Waals surface area (Å²) in [6.45, 7) is 8.48. The standard InChI is InChI=1S/C23H32N4O3/c1-17(2)15-26-11-8-23(9-12-26)22-24-10-13-27(22)16-20(30-23)21(28)25-14-18-4-6-19(29-3)7-5-18/h4-7,10,13,17,20H,8-9,11-12,14-16H2,1-3H3,(H,25,28). The summed E-state index contributed by atoms with van der Waals surface area (Å²) in [4.78, 5) is 20.0. The number of hydrogen-bond acceptors (Lipinski definition) is 5. The molecule has 7 nitrogen and oxygen atoms in total. The number of carbonyl (C=O) groups is 1. The van der Waals surface area contributed by atoms with E-state index in [1.165, 1.54) is 0 Å². The van der Waals surface area contributed by atoms with Gasteiger partial charge >= 0.3 is 0 Å². The van der Waals surface area contributed by atoms with Crippen LogP contribution < -0.4 is 10.1 Å². The molecular weight excluding hydrogens is 380 g/mol. The van der Waals surface area contributed by atoms with Crippen LogP contribution in [0.25, 0.3) is 0 Å². The van der Waals surface area contributed by atoms with Crippen LogP contribution in [-0.4, -0.2) is 53.2 Å². The van der Waals surface area contributed by atoms with Gasteiger partial charge in [0.1, 0.15) is 17.2 Å². The fraction of sp³-hybridized carbons (Fsp3) is 0.565. The highest BCUT2D eigenvalue weighted by atomic mass is 16.5. The van der Waals surface area contributed by atoms with E-state index in [1.54, 1.807) is 7.11 Å². The van der Waals surface area contributed by atoms with E-state index in [-0.39, 0.29) is 5.91 Å². The minimum atomic E-state index is -0.512. The highest BCUT2D eigenvalue weighted by Gasteiger charge is 2.47. The fourth-order valence-corrected chi connectivity index (χ4v) is 4.53. The van der Waals surface area contributed by atoms with Crippen molar-refractivity contribution in [3.8, 4) is 5.75 Å². The number of amides is 1. The smallest absolute Gasteiger partial charge is 0.251 e. The van der Waals surface area contributed by atoms with E-state index in [9.17, 15) is 4.79 Å². The molecule has 2 aromatic rings. The van der Waals surface area contributed by atoms with E-state index >= 15 is 0 Å². The first-order valence-electron chi connectivity index (χ1n) is 10.8. The van der Waals surface area contributed by atoms with Gasteiger partial charge in [-0.15, -0.1) is 0 Å². The number of imidazole rings is 1. The van der Waals surface area contributed by atoms with Crippen LogP contribution in [0.15, 0.2) is 36.7 Å². The molecule has 2 aliphatic heterocycles. The van der Waals surface area contributed by atoms with Gasteiger partial charge in [0.15, 0.2) is 6.10 Å². The first-order valence-corrected chi connectivity index (χ1v) is 10.8. The van der Waals surface area contributed by atoms with E-state index in [0.717, 1.165) is 49.6 Å². The molecule has 1 spiro atoms. The summed E-state index contributed by atoms with van der Waals surface area (Å²) in [5, 5.41) is 3.04. The number of fused-ring (bicyclic) bond motifs is 2. The van der Waals surface area contributed by atoms with Gasteiger partial charge in [-0.25, -0.2) is 4.98 Å². The van der Waals surface area contributed by atoms with E-state index in [4.69, 9.17) is 9.47 Å². The van der Waals surface area contributed by atoms with Crippen molar-refractivity contribution >= 4 is 5.91 Å². The van der Waals surface area contributed by atoms with Crippen molar-refractivity contribution < 1.29 is 14.3 Å². The Labute approximate surface area is 178 Å². The monoisotopic (exact) mass is 412 g/mol. The number of hydrogen-bond donors (Lipinski definition) is 1. The van der Waals surface area contributed by atoms with Crippen molar-refractivity contribution in [1.29, 1.82) is 0 Å². The molecule has 2 aliphatic rings. The number of piperidine rings is 1. The summed E-state index contributed by atoms with van der Waals surface area (Å²) < 4.78 is 13.8. The number of methoxy groups -OCH3 is 1. The van der Waals surface area contributed by atoms with E-state index in [2.05, 4.69) is 33.6 Å². The van der Waals surface area contributed by atoms with Gasteiger partial charge in [0, 0.05) is 38.6 Å².